The Morgan fingerprint density at radius 1 is 1.53 bits per heavy atom. The van der Waals surface area contributed by atoms with E-state index in [1.54, 1.807) is 7.05 Å². The summed E-state index contributed by atoms with van der Waals surface area (Å²) in [5.74, 6) is 0.636. The zero-order valence-electron chi connectivity index (χ0n) is 9.77. The van der Waals surface area contributed by atoms with Crippen LogP contribution >= 0.6 is 0 Å². The van der Waals surface area contributed by atoms with E-state index in [1.807, 2.05) is 0 Å². The normalized spacial score (nSPS) is 21.0. The molecule has 2 aliphatic rings. The third kappa shape index (κ3) is 1.75. The first-order valence-electron chi connectivity index (χ1n) is 5.97. The van der Waals surface area contributed by atoms with Gasteiger partial charge in [-0.15, -0.1) is 0 Å². The summed E-state index contributed by atoms with van der Waals surface area (Å²) in [7, 11) is 1.58. The molecular weight excluding hydrogens is 218 g/mol. The maximum absolute atomic E-state index is 12.1. The molecule has 17 heavy (non-hydrogen) atoms. The number of hydrogen-bond donors (Lipinski definition) is 1. The SMILES string of the molecule is Cn1ncc(NC(=O)C2(C3CC3)CC2)cc1=O. The molecule has 0 aromatic carbocycles. The van der Waals surface area contributed by atoms with E-state index >= 15 is 0 Å². The van der Waals surface area contributed by atoms with Gasteiger partial charge in [-0.2, -0.15) is 5.10 Å². The van der Waals surface area contributed by atoms with Gasteiger partial charge < -0.3 is 5.32 Å². The van der Waals surface area contributed by atoms with Crippen LogP contribution in [0.15, 0.2) is 17.1 Å². The van der Waals surface area contributed by atoms with Gasteiger partial charge in [0, 0.05) is 13.1 Å². The van der Waals surface area contributed by atoms with Crippen LogP contribution in [0.5, 0.6) is 0 Å². The summed E-state index contributed by atoms with van der Waals surface area (Å²) >= 11 is 0. The molecule has 5 heteroatoms. The van der Waals surface area contributed by atoms with Gasteiger partial charge in [-0.25, -0.2) is 4.68 Å². The molecule has 1 N–H and O–H groups in total. The van der Waals surface area contributed by atoms with Gasteiger partial charge in [0.25, 0.3) is 5.56 Å². The third-order valence-electron chi connectivity index (χ3n) is 3.83. The van der Waals surface area contributed by atoms with Crippen molar-refractivity contribution in [2.75, 3.05) is 5.32 Å². The molecule has 2 saturated carbocycles. The Balaban J connectivity index is 1.76. The molecule has 0 aliphatic heterocycles. The number of amides is 1. The van der Waals surface area contributed by atoms with Crippen LogP contribution in [-0.2, 0) is 11.8 Å². The molecule has 0 spiro atoms. The predicted molar refractivity (Wildman–Crippen MR) is 62.5 cm³/mol. The fourth-order valence-corrected chi connectivity index (χ4v) is 2.38. The van der Waals surface area contributed by atoms with E-state index in [0.717, 1.165) is 12.8 Å². The Bertz CT molecular complexity index is 527. The predicted octanol–water partition coefficient (Wildman–Crippen LogP) is 0.909. The Hall–Kier alpha value is -1.65. The molecule has 1 aromatic heterocycles. The lowest BCUT2D eigenvalue weighted by Crippen LogP contribution is -2.27. The van der Waals surface area contributed by atoms with Crippen molar-refractivity contribution < 1.29 is 4.79 Å². The maximum atomic E-state index is 12.1. The van der Waals surface area contributed by atoms with Gasteiger partial charge in [0.2, 0.25) is 5.91 Å². The lowest BCUT2D eigenvalue weighted by Gasteiger charge is -2.13. The van der Waals surface area contributed by atoms with Gasteiger partial charge in [-0.3, -0.25) is 9.59 Å². The molecule has 90 valence electrons. The largest absolute Gasteiger partial charge is 0.324 e. The molecule has 1 heterocycles. The second-order valence-electron chi connectivity index (χ2n) is 5.09. The number of nitrogens with one attached hydrogen (secondary N) is 1. The number of nitrogens with zero attached hydrogens (tertiary/aromatic N) is 2. The maximum Gasteiger partial charge on any atom is 0.268 e. The van der Waals surface area contributed by atoms with E-state index in [2.05, 4.69) is 10.4 Å². The number of carbonyl (C=O) groups is 1. The lowest BCUT2D eigenvalue weighted by molar-refractivity contribution is -0.121. The summed E-state index contributed by atoms with van der Waals surface area (Å²) in [6.07, 6.45) is 5.83. The van der Waals surface area contributed by atoms with Gasteiger partial charge in [-0.05, 0) is 31.6 Å². The molecule has 0 bridgehead atoms. The smallest absolute Gasteiger partial charge is 0.268 e. The van der Waals surface area contributed by atoms with Gasteiger partial charge in [0.15, 0.2) is 0 Å². The van der Waals surface area contributed by atoms with Crippen LogP contribution in [0.4, 0.5) is 5.69 Å². The van der Waals surface area contributed by atoms with Crippen molar-refractivity contribution in [2.45, 2.75) is 25.7 Å². The van der Waals surface area contributed by atoms with Crippen molar-refractivity contribution in [3.8, 4) is 0 Å². The van der Waals surface area contributed by atoms with Gasteiger partial charge in [-0.1, -0.05) is 0 Å². The number of anilines is 1. The fourth-order valence-electron chi connectivity index (χ4n) is 2.38. The van der Waals surface area contributed by atoms with E-state index in [0.29, 0.717) is 11.6 Å². The second kappa shape index (κ2) is 3.42. The highest BCUT2D eigenvalue weighted by Crippen LogP contribution is 2.61. The molecule has 0 unspecified atom stereocenters. The first kappa shape index (κ1) is 10.5. The molecule has 0 radical (unpaired) electrons. The first-order valence-corrected chi connectivity index (χ1v) is 5.97. The molecular formula is C12H15N3O2. The topological polar surface area (TPSA) is 64.0 Å². The van der Waals surface area contributed by atoms with Crippen LogP contribution in [0, 0.1) is 11.3 Å². The van der Waals surface area contributed by atoms with Gasteiger partial charge in [0.05, 0.1) is 17.3 Å². The van der Waals surface area contributed by atoms with E-state index in [9.17, 15) is 9.59 Å². The van der Waals surface area contributed by atoms with E-state index < -0.39 is 0 Å². The van der Waals surface area contributed by atoms with Gasteiger partial charge >= 0.3 is 0 Å². The summed E-state index contributed by atoms with van der Waals surface area (Å²) in [6.45, 7) is 0. The number of rotatable bonds is 3. The zero-order valence-corrected chi connectivity index (χ0v) is 9.77. The third-order valence-corrected chi connectivity index (χ3v) is 3.83. The fraction of sp³-hybridized carbons (Fsp3) is 0.583. The minimum Gasteiger partial charge on any atom is -0.324 e. The molecule has 5 nitrogen and oxygen atoms in total. The molecule has 1 aromatic rings. The summed E-state index contributed by atoms with van der Waals surface area (Å²) in [5.41, 5.74) is 0.172. The van der Waals surface area contributed by atoms with Crippen molar-refractivity contribution in [2.24, 2.45) is 18.4 Å². The van der Waals surface area contributed by atoms with Crippen LogP contribution in [0.1, 0.15) is 25.7 Å². The van der Waals surface area contributed by atoms with Crippen LogP contribution in [0.3, 0.4) is 0 Å². The van der Waals surface area contributed by atoms with Gasteiger partial charge in [0.1, 0.15) is 0 Å². The molecule has 2 aliphatic carbocycles. The van der Waals surface area contributed by atoms with Crippen molar-refractivity contribution in [3.05, 3.63) is 22.6 Å². The number of aromatic nitrogens is 2. The Labute approximate surface area is 98.8 Å². The Morgan fingerprint density at radius 2 is 2.24 bits per heavy atom. The van der Waals surface area contributed by atoms with E-state index in [4.69, 9.17) is 0 Å². The highest BCUT2D eigenvalue weighted by molar-refractivity contribution is 5.97. The molecule has 1 amide bonds. The summed E-state index contributed by atoms with van der Waals surface area (Å²) in [6, 6.07) is 1.41. The Morgan fingerprint density at radius 3 is 2.76 bits per heavy atom. The van der Waals surface area contributed by atoms with Crippen molar-refractivity contribution in [1.29, 1.82) is 0 Å². The molecule has 2 fully saturated rings. The molecule has 3 rings (SSSR count). The zero-order chi connectivity index (χ0) is 12.0. The number of aryl methyl sites for hydroxylation is 1. The number of hydrogen-bond acceptors (Lipinski definition) is 3. The molecule has 0 saturated heterocycles. The lowest BCUT2D eigenvalue weighted by atomic mass is 9.99. The van der Waals surface area contributed by atoms with Crippen molar-refractivity contribution >= 4 is 11.6 Å². The monoisotopic (exact) mass is 233 g/mol. The summed E-state index contributed by atoms with van der Waals surface area (Å²) < 4.78 is 1.24. The first-order chi connectivity index (χ1) is 8.12. The van der Waals surface area contributed by atoms with E-state index in [-0.39, 0.29) is 16.9 Å². The highest BCUT2D eigenvalue weighted by atomic mass is 16.2. The summed E-state index contributed by atoms with van der Waals surface area (Å²) in [4.78, 5) is 23.5. The van der Waals surface area contributed by atoms with Crippen LogP contribution in [0.2, 0.25) is 0 Å². The van der Waals surface area contributed by atoms with Crippen LogP contribution < -0.4 is 10.9 Å². The number of carbonyl (C=O) groups excluding carboxylic acids is 1. The van der Waals surface area contributed by atoms with E-state index in [1.165, 1.54) is 29.8 Å². The quantitative estimate of drug-likeness (QED) is 0.844. The highest BCUT2D eigenvalue weighted by Gasteiger charge is 2.59. The Kier molecular flexibility index (Phi) is 2.11. The minimum atomic E-state index is -0.209. The standard InChI is InChI=1S/C12H15N3O2/c1-15-10(16)6-9(7-13-15)14-11(17)12(4-5-12)8-2-3-8/h6-8H,2-5H2,1H3,(H,14,17). The van der Waals surface area contributed by atoms with Crippen molar-refractivity contribution in [3.63, 3.8) is 0 Å². The average molecular weight is 233 g/mol. The van der Waals surface area contributed by atoms with Crippen molar-refractivity contribution in [1.82, 2.24) is 9.78 Å². The second-order valence-corrected chi connectivity index (χ2v) is 5.09. The molecule has 0 atom stereocenters. The summed E-state index contributed by atoms with van der Waals surface area (Å²) in [5, 5.41) is 6.70. The van der Waals surface area contributed by atoms with Crippen LogP contribution in [-0.4, -0.2) is 15.7 Å². The average Bonchev–Trinajstić information content (AvgIpc) is 3.16. The van der Waals surface area contributed by atoms with Crippen LogP contribution in [0.25, 0.3) is 0 Å². The minimum absolute atomic E-state index is 0.0649.